The molecule has 90 valence electrons. The monoisotopic (exact) mass is 229 g/mol. The SMILES string of the molecule is Cc1cccc(-n2ccnc2NC(C)C)c1C. The molecular weight excluding hydrogens is 210 g/mol. The molecule has 0 saturated heterocycles. The van der Waals surface area contributed by atoms with Gasteiger partial charge in [-0.05, 0) is 44.9 Å². The van der Waals surface area contributed by atoms with Gasteiger partial charge in [0.05, 0.1) is 5.69 Å². The molecule has 0 saturated carbocycles. The number of aromatic nitrogens is 2. The third-order valence-corrected chi connectivity index (χ3v) is 2.89. The lowest BCUT2D eigenvalue weighted by molar-refractivity contribution is 0.862. The summed E-state index contributed by atoms with van der Waals surface area (Å²) in [5.74, 6) is 0.897. The van der Waals surface area contributed by atoms with Crippen LogP contribution in [0.25, 0.3) is 5.69 Å². The fraction of sp³-hybridized carbons (Fsp3) is 0.357. The maximum absolute atomic E-state index is 4.36. The maximum atomic E-state index is 4.36. The first kappa shape index (κ1) is 11.7. The summed E-state index contributed by atoms with van der Waals surface area (Å²) in [5, 5.41) is 3.35. The van der Waals surface area contributed by atoms with Gasteiger partial charge >= 0.3 is 0 Å². The van der Waals surface area contributed by atoms with Gasteiger partial charge in [0.1, 0.15) is 0 Å². The summed E-state index contributed by atoms with van der Waals surface area (Å²) in [6, 6.07) is 6.71. The van der Waals surface area contributed by atoms with Crippen molar-refractivity contribution in [2.75, 3.05) is 5.32 Å². The van der Waals surface area contributed by atoms with E-state index in [1.54, 1.807) is 0 Å². The van der Waals surface area contributed by atoms with Crippen LogP contribution in [0.1, 0.15) is 25.0 Å². The summed E-state index contributed by atoms with van der Waals surface area (Å²) in [7, 11) is 0. The van der Waals surface area contributed by atoms with Gasteiger partial charge < -0.3 is 5.32 Å². The van der Waals surface area contributed by atoms with E-state index >= 15 is 0 Å². The van der Waals surface area contributed by atoms with E-state index in [0.29, 0.717) is 6.04 Å². The molecule has 0 amide bonds. The highest BCUT2D eigenvalue weighted by Crippen LogP contribution is 2.21. The first-order valence-electron chi connectivity index (χ1n) is 5.96. The number of aryl methyl sites for hydroxylation is 1. The fourth-order valence-corrected chi connectivity index (χ4v) is 1.86. The third kappa shape index (κ3) is 2.33. The van der Waals surface area contributed by atoms with Crippen LogP contribution in [0.15, 0.2) is 30.6 Å². The average Bonchev–Trinajstić information content (AvgIpc) is 2.69. The van der Waals surface area contributed by atoms with Gasteiger partial charge in [-0.1, -0.05) is 12.1 Å². The van der Waals surface area contributed by atoms with Crippen molar-refractivity contribution in [3.05, 3.63) is 41.7 Å². The van der Waals surface area contributed by atoms with Gasteiger partial charge in [-0.2, -0.15) is 0 Å². The van der Waals surface area contributed by atoms with E-state index in [1.807, 2.05) is 12.4 Å². The van der Waals surface area contributed by atoms with E-state index in [1.165, 1.54) is 16.8 Å². The lowest BCUT2D eigenvalue weighted by Gasteiger charge is -2.15. The normalized spacial score (nSPS) is 10.9. The van der Waals surface area contributed by atoms with Gasteiger partial charge in [0.15, 0.2) is 0 Å². The molecule has 3 heteroatoms. The number of imidazole rings is 1. The van der Waals surface area contributed by atoms with Crippen molar-refractivity contribution < 1.29 is 0 Å². The number of benzene rings is 1. The van der Waals surface area contributed by atoms with E-state index in [0.717, 1.165) is 5.95 Å². The molecule has 0 aliphatic carbocycles. The summed E-state index contributed by atoms with van der Waals surface area (Å²) in [4.78, 5) is 4.36. The lowest BCUT2D eigenvalue weighted by atomic mass is 10.1. The van der Waals surface area contributed by atoms with Crippen molar-refractivity contribution in [3.8, 4) is 5.69 Å². The van der Waals surface area contributed by atoms with Gasteiger partial charge in [-0.15, -0.1) is 0 Å². The highest BCUT2D eigenvalue weighted by molar-refractivity contribution is 5.49. The Morgan fingerprint density at radius 2 is 2.00 bits per heavy atom. The minimum Gasteiger partial charge on any atom is -0.353 e. The molecule has 1 aromatic heterocycles. The number of hydrogen-bond acceptors (Lipinski definition) is 2. The van der Waals surface area contributed by atoms with Crippen LogP contribution in [0.3, 0.4) is 0 Å². The Morgan fingerprint density at radius 3 is 2.71 bits per heavy atom. The van der Waals surface area contributed by atoms with Crippen LogP contribution in [-0.2, 0) is 0 Å². The second kappa shape index (κ2) is 4.62. The number of anilines is 1. The topological polar surface area (TPSA) is 29.9 Å². The molecule has 0 aliphatic heterocycles. The molecule has 0 atom stereocenters. The van der Waals surface area contributed by atoms with Crippen LogP contribution >= 0.6 is 0 Å². The summed E-state index contributed by atoms with van der Waals surface area (Å²) in [6.07, 6.45) is 3.82. The van der Waals surface area contributed by atoms with Crippen LogP contribution in [0.2, 0.25) is 0 Å². The van der Waals surface area contributed by atoms with Crippen LogP contribution in [-0.4, -0.2) is 15.6 Å². The number of nitrogens with zero attached hydrogens (tertiary/aromatic N) is 2. The molecule has 0 bridgehead atoms. The Bertz CT molecular complexity index is 512. The van der Waals surface area contributed by atoms with E-state index in [9.17, 15) is 0 Å². The number of nitrogens with one attached hydrogen (secondary N) is 1. The minimum atomic E-state index is 0.376. The molecule has 1 N–H and O–H groups in total. The van der Waals surface area contributed by atoms with Crippen LogP contribution in [0.5, 0.6) is 0 Å². The predicted octanol–water partition coefficient (Wildman–Crippen LogP) is 3.31. The zero-order chi connectivity index (χ0) is 12.4. The molecule has 1 heterocycles. The zero-order valence-electron chi connectivity index (χ0n) is 10.9. The summed E-state index contributed by atoms with van der Waals surface area (Å²) in [5.41, 5.74) is 3.77. The number of rotatable bonds is 3. The zero-order valence-corrected chi connectivity index (χ0v) is 10.9. The van der Waals surface area contributed by atoms with Crippen molar-refractivity contribution in [2.45, 2.75) is 33.7 Å². The Labute approximate surface area is 103 Å². The fourth-order valence-electron chi connectivity index (χ4n) is 1.86. The van der Waals surface area contributed by atoms with Crippen molar-refractivity contribution in [2.24, 2.45) is 0 Å². The quantitative estimate of drug-likeness (QED) is 0.875. The highest BCUT2D eigenvalue weighted by atomic mass is 15.2. The Hall–Kier alpha value is -1.77. The third-order valence-electron chi connectivity index (χ3n) is 2.89. The van der Waals surface area contributed by atoms with Crippen LogP contribution in [0.4, 0.5) is 5.95 Å². The second-order valence-corrected chi connectivity index (χ2v) is 4.64. The van der Waals surface area contributed by atoms with Crippen molar-refractivity contribution in [3.63, 3.8) is 0 Å². The van der Waals surface area contributed by atoms with Gasteiger partial charge in [-0.3, -0.25) is 4.57 Å². The van der Waals surface area contributed by atoms with Gasteiger partial charge in [0.25, 0.3) is 0 Å². The lowest BCUT2D eigenvalue weighted by Crippen LogP contribution is -2.14. The highest BCUT2D eigenvalue weighted by Gasteiger charge is 2.08. The van der Waals surface area contributed by atoms with Gasteiger partial charge in [0.2, 0.25) is 5.95 Å². The Balaban J connectivity index is 2.46. The predicted molar refractivity (Wildman–Crippen MR) is 71.8 cm³/mol. The molecule has 1 aromatic carbocycles. The largest absolute Gasteiger partial charge is 0.353 e. The smallest absolute Gasteiger partial charge is 0.207 e. The second-order valence-electron chi connectivity index (χ2n) is 4.64. The standard InChI is InChI=1S/C14H19N3/c1-10(2)16-14-15-8-9-17(14)13-7-5-6-11(3)12(13)4/h5-10H,1-4H3,(H,15,16). The molecule has 0 unspecified atom stereocenters. The van der Waals surface area contributed by atoms with Crippen LogP contribution in [0, 0.1) is 13.8 Å². The van der Waals surface area contributed by atoms with E-state index in [-0.39, 0.29) is 0 Å². The Kier molecular flexibility index (Phi) is 3.18. The maximum Gasteiger partial charge on any atom is 0.207 e. The number of hydrogen-bond donors (Lipinski definition) is 1. The Morgan fingerprint density at radius 1 is 1.24 bits per heavy atom. The first-order valence-corrected chi connectivity index (χ1v) is 5.96. The van der Waals surface area contributed by atoms with Crippen molar-refractivity contribution >= 4 is 5.95 Å². The summed E-state index contributed by atoms with van der Waals surface area (Å²) >= 11 is 0. The molecule has 0 aliphatic rings. The van der Waals surface area contributed by atoms with Crippen molar-refractivity contribution in [1.82, 2.24) is 9.55 Å². The van der Waals surface area contributed by atoms with Crippen molar-refractivity contribution in [1.29, 1.82) is 0 Å². The van der Waals surface area contributed by atoms with E-state index in [4.69, 9.17) is 0 Å². The van der Waals surface area contributed by atoms with E-state index in [2.05, 4.69) is 60.8 Å². The average molecular weight is 229 g/mol. The minimum absolute atomic E-state index is 0.376. The molecule has 2 rings (SSSR count). The molecule has 2 aromatic rings. The molecule has 0 fully saturated rings. The summed E-state index contributed by atoms with van der Waals surface area (Å²) in [6.45, 7) is 8.50. The van der Waals surface area contributed by atoms with E-state index < -0.39 is 0 Å². The molecule has 0 radical (unpaired) electrons. The molecule has 3 nitrogen and oxygen atoms in total. The van der Waals surface area contributed by atoms with Crippen LogP contribution < -0.4 is 5.32 Å². The molecule has 0 spiro atoms. The first-order chi connectivity index (χ1) is 8.09. The van der Waals surface area contributed by atoms with Gasteiger partial charge in [-0.25, -0.2) is 4.98 Å². The molecular formula is C14H19N3. The molecule has 17 heavy (non-hydrogen) atoms. The van der Waals surface area contributed by atoms with Gasteiger partial charge in [0, 0.05) is 18.4 Å². The summed E-state index contributed by atoms with van der Waals surface area (Å²) < 4.78 is 2.10.